The molecule has 26 heavy (non-hydrogen) atoms. The lowest BCUT2D eigenvalue weighted by molar-refractivity contribution is 0.0887. The van der Waals surface area contributed by atoms with Crippen LogP contribution < -0.4 is 10.1 Å². The first-order chi connectivity index (χ1) is 12.6. The fourth-order valence-corrected chi connectivity index (χ4v) is 3.52. The monoisotopic (exact) mass is 352 g/mol. The van der Waals surface area contributed by atoms with E-state index in [9.17, 15) is 4.79 Å². The Morgan fingerprint density at radius 3 is 2.69 bits per heavy atom. The molecule has 1 fully saturated rings. The molecule has 1 aliphatic rings. The summed E-state index contributed by atoms with van der Waals surface area (Å²) in [5.41, 5.74) is 0.536. The van der Waals surface area contributed by atoms with E-state index in [1.54, 1.807) is 20.1 Å². The summed E-state index contributed by atoms with van der Waals surface area (Å²) in [6.45, 7) is 1.75. The van der Waals surface area contributed by atoms with Crippen molar-refractivity contribution in [1.82, 2.24) is 20.4 Å². The second kappa shape index (κ2) is 6.40. The van der Waals surface area contributed by atoms with E-state index in [0.717, 1.165) is 42.3 Å². The number of amides is 1. The summed E-state index contributed by atoms with van der Waals surface area (Å²) < 4.78 is 10.4. The standard InChI is InChI=1S/C19H20N4O3/c1-12-20-18(23-26-12)19(9-3-4-10-19)22-17(24)16-7-5-13-11-14(25-2)6-8-15(13)21-16/h5-8,11H,3-4,9-10H2,1-2H3,(H,22,24). The third kappa shape index (κ3) is 2.89. The van der Waals surface area contributed by atoms with Crippen LogP contribution in [0.2, 0.25) is 0 Å². The van der Waals surface area contributed by atoms with Gasteiger partial charge < -0.3 is 14.6 Å². The predicted octanol–water partition coefficient (Wildman–Crippen LogP) is 3.13. The Hall–Kier alpha value is -2.96. The number of carbonyl (C=O) groups is 1. The summed E-state index contributed by atoms with van der Waals surface area (Å²) in [6.07, 6.45) is 3.61. The van der Waals surface area contributed by atoms with Crippen LogP contribution in [0.5, 0.6) is 5.75 Å². The number of aryl methyl sites for hydroxylation is 1. The number of methoxy groups -OCH3 is 1. The van der Waals surface area contributed by atoms with E-state index in [1.165, 1.54) is 0 Å². The molecule has 2 heterocycles. The number of nitrogens with one attached hydrogen (secondary N) is 1. The summed E-state index contributed by atoms with van der Waals surface area (Å²) in [4.78, 5) is 21.7. The van der Waals surface area contributed by atoms with Gasteiger partial charge in [0.05, 0.1) is 12.6 Å². The number of hydrogen-bond acceptors (Lipinski definition) is 6. The van der Waals surface area contributed by atoms with Crippen molar-refractivity contribution < 1.29 is 14.1 Å². The van der Waals surface area contributed by atoms with E-state index >= 15 is 0 Å². The molecule has 0 radical (unpaired) electrons. The topological polar surface area (TPSA) is 90.1 Å². The van der Waals surface area contributed by atoms with Gasteiger partial charge in [0.25, 0.3) is 5.91 Å². The fourth-order valence-electron chi connectivity index (χ4n) is 3.52. The predicted molar refractivity (Wildman–Crippen MR) is 94.9 cm³/mol. The van der Waals surface area contributed by atoms with Gasteiger partial charge in [0.15, 0.2) is 5.82 Å². The van der Waals surface area contributed by atoms with Crippen LogP contribution in [0.1, 0.15) is 47.9 Å². The molecule has 0 bridgehead atoms. The number of pyridine rings is 1. The Bertz CT molecular complexity index is 960. The quantitative estimate of drug-likeness (QED) is 0.776. The third-order valence-electron chi connectivity index (χ3n) is 4.89. The zero-order valence-corrected chi connectivity index (χ0v) is 14.8. The van der Waals surface area contributed by atoms with E-state index in [-0.39, 0.29) is 5.91 Å². The summed E-state index contributed by atoms with van der Waals surface area (Å²) in [5, 5.41) is 8.09. The maximum Gasteiger partial charge on any atom is 0.270 e. The van der Waals surface area contributed by atoms with Crippen LogP contribution >= 0.6 is 0 Å². The number of hydrogen-bond donors (Lipinski definition) is 1. The summed E-state index contributed by atoms with van der Waals surface area (Å²) in [7, 11) is 1.62. The highest BCUT2D eigenvalue weighted by Gasteiger charge is 2.41. The highest BCUT2D eigenvalue weighted by atomic mass is 16.5. The van der Waals surface area contributed by atoms with Gasteiger partial charge in [0.2, 0.25) is 5.89 Å². The Morgan fingerprint density at radius 1 is 1.19 bits per heavy atom. The number of nitrogens with zero attached hydrogens (tertiary/aromatic N) is 3. The van der Waals surface area contributed by atoms with Gasteiger partial charge in [-0.1, -0.05) is 24.1 Å². The van der Waals surface area contributed by atoms with Crippen molar-refractivity contribution in [3.05, 3.63) is 47.7 Å². The molecule has 1 saturated carbocycles. The van der Waals surface area contributed by atoms with Crippen molar-refractivity contribution in [1.29, 1.82) is 0 Å². The van der Waals surface area contributed by atoms with Gasteiger partial charge in [0, 0.05) is 12.3 Å². The molecule has 0 atom stereocenters. The average molecular weight is 352 g/mol. The maximum absolute atomic E-state index is 12.9. The van der Waals surface area contributed by atoms with Crippen molar-refractivity contribution in [3.8, 4) is 5.75 Å². The van der Waals surface area contributed by atoms with E-state index in [1.807, 2.05) is 24.3 Å². The summed E-state index contributed by atoms with van der Waals surface area (Å²) >= 11 is 0. The van der Waals surface area contributed by atoms with E-state index in [0.29, 0.717) is 17.4 Å². The van der Waals surface area contributed by atoms with Crippen LogP contribution in [0.25, 0.3) is 10.9 Å². The van der Waals surface area contributed by atoms with Crippen LogP contribution in [-0.4, -0.2) is 28.1 Å². The van der Waals surface area contributed by atoms with Crippen LogP contribution in [0.4, 0.5) is 0 Å². The maximum atomic E-state index is 12.9. The molecule has 1 N–H and O–H groups in total. The zero-order chi connectivity index (χ0) is 18.1. The van der Waals surface area contributed by atoms with E-state index < -0.39 is 5.54 Å². The number of fused-ring (bicyclic) bond motifs is 1. The molecular weight excluding hydrogens is 332 g/mol. The molecule has 1 aliphatic carbocycles. The summed E-state index contributed by atoms with van der Waals surface area (Å²) in [6, 6.07) is 9.17. The minimum absolute atomic E-state index is 0.230. The molecule has 1 aromatic carbocycles. The Morgan fingerprint density at radius 2 is 2.00 bits per heavy atom. The van der Waals surface area contributed by atoms with E-state index in [2.05, 4.69) is 20.4 Å². The molecule has 0 aliphatic heterocycles. The number of carbonyl (C=O) groups excluding carboxylic acids is 1. The molecular formula is C19H20N4O3. The molecule has 3 aromatic rings. The lowest BCUT2D eigenvalue weighted by Gasteiger charge is -2.26. The van der Waals surface area contributed by atoms with Crippen molar-refractivity contribution in [2.24, 2.45) is 0 Å². The molecule has 7 nitrogen and oxygen atoms in total. The Labute approximate surface area is 150 Å². The van der Waals surface area contributed by atoms with E-state index in [4.69, 9.17) is 9.26 Å². The van der Waals surface area contributed by atoms with Gasteiger partial charge in [-0.15, -0.1) is 0 Å². The number of benzene rings is 1. The first kappa shape index (κ1) is 16.5. The molecule has 0 unspecified atom stereocenters. The third-order valence-corrected chi connectivity index (χ3v) is 4.89. The van der Waals surface area contributed by atoms with Gasteiger partial charge in [-0.2, -0.15) is 4.98 Å². The van der Waals surface area contributed by atoms with Crippen LogP contribution in [0.3, 0.4) is 0 Å². The zero-order valence-electron chi connectivity index (χ0n) is 14.8. The number of aromatic nitrogens is 3. The largest absolute Gasteiger partial charge is 0.497 e. The molecule has 4 rings (SSSR count). The van der Waals surface area contributed by atoms with Gasteiger partial charge in [0.1, 0.15) is 17.0 Å². The number of ether oxygens (including phenoxy) is 1. The Balaban J connectivity index is 1.63. The average Bonchev–Trinajstić information content (AvgIpc) is 3.30. The van der Waals surface area contributed by atoms with Gasteiger partial charge >= 0.3 is 0 Å². The van der Waals surface area contributed by atoms with Gasteiger partial charge in [-0.05, 0) is 37.1 Å². The Kier molecular flexibility index (Phi) is 4.06. The van der Waals surface area contributed by atoms with Gasteiger partial charge in [-0.3, -0.25) is 4.79 Å². The molecule has 0 saturated heterocycles. The lowest BCUT2D eigenvalue weighted by atomic mass is 9.96. The molecule has 1 amide bonds. The van der Waals surface area contributed by atoms with Crippen molar-refractivity contribution in [2.75, 3.05) is 7.11 Å². The highest BCUT2D eigenvalue weighted by Crippen LogP contribution is 2.37. The van der Waals surface area contributed by atoms with Crippen molar-refractivity contribution in [3.63, 3.8) is 0 Å². The lowest BCUT2D eigenvalue weighted by Crippen LogP contribution is -2.45. The highest BCUT2D eigenvalue weighted by molar-refractivity contribution is 5.95. The second-order valence-electron chi connectivity index (χ2n) is 6.64. The van der Waals surface area contributed by atoms with Crippen LogP contribution in [-0.2, 0) is 5.54 Å². The molecule has 0 spiro atoms. The smallest absolute Gasteiger partial charge is 0.270 e. The number of rotatable bonds is 4. The normalized spacial score (nSPS) is 15.9. The van der Waals surface area contributed by atoms with Crippen LogP contribution in [0, 0.1) is 6.92 Å². The first-order valence-corrected chi connectivity index (χ1v) is 8.68. The SMILES string of the molecule is COc1ccc2nc(C(=O)NC3(c4noc(C)n4)CCCC3)ccc2c1. The van der Waals surface area contributed by atoms with Gasteiger partial charge in [-0.25, -0.2) is 4.98 Å². The molecule has 7 heteroatoms. The minimum atomic E-state index is -0.578. The van der Waals surface area contributed by atoms with Crippen molar-refractivity contribution in [2.45, 2.75) is 38.1 Å². The fraction of sp³-hybridized carbons (Fsp3) is 0.368. The molecule has 2 aromatic heterocycles. The van der Waals surface area contributed by atoms with Crippen LogP contribution in [0.15, 0.2) is 34.9 Å². The van der Waals surface area contributed by atoms with Crippen molar-refractivity contribution >= 4 is 16.8 Å². The second-order valence-corrected chi connectivity index (χ2v) is 6.64. The summed E-state index contributed by atoms with van der Waals surface area (Å²) in [5.74, 6) is 1.57. The first-order valence-electron chi connectivity index (χ1n) is 8.68. The molecule has 134 valence electrons. The minimum Gasteiger partial charge on any atom is -0.497 e.